The maximum absolute atomic E-state index is 6.23. The van der Waals surface area contributed by atoms with Crippen LogP contribution in [-0.4, -0.2) is 12.2 Å². The van der Waals surface area contributed by atoms with Crippen LogP contribution in [-0.2, 0) is 4.74 Å². The lowest BCUT2D eigenvalue weighted by molar-refractivity contribution is -0.0820. The Bertz CT molecular complexity index is 277. The second-order valence-corrected chi connectivity index (χ2v) is 4.93. The van der Waals surface area contributed by atoms with Crippen molar-refractivity contribution in [2.45, 2.75) is 37.8 Å². The van der Waals surface area contributed by atoms with Gasteiger partial charge in [-0.1, -0.05) is 0 Å². The van der Waals surface area contributed by atoms with Crippen LogP contribution in [0, 0.1) is 0 Å². The smallest absolute Gasteiger partial charge is 0.0846 e. The largest absolute Gasteiger partial charge is 0.373 e. The first-order valence-electron chi connectivity index (χ1n) is 5.14. The van der Waals surface area contributed by atoms with Gasteiger partial charge in [-0.15, -0.1) is 0 Å². The second-order valence-electron chi connectivity index (χ2n) is 4.15. The van der Waals surface area contributed by atoms with Crippen molar-refractivity contribution in [2.75, 3.05) is 6.61 Å². The van der Waals surface area contributed by atoms with Gasteiger partial charge < -0.3 is 10.5 Å². The van der Waals surface area contributed by atoms with Gasteiger partial charge >= 0.3 is 0 Å². The third kappa shape index (κ3) is 1.85. The van der Waals surface area contributed by atoms with E-state index in [2.05, 4.69) is 23.8 Å². The maximum atomic E-state index is 6.23. The third-order valence-electron chi connectivity index (χ3n) is 3.06. The highest BCUT2D eigenvalue weighted by molar-refractivity contribution is 7.07. The summed E-state index contributed by atoms with van der Waals surface area (Å²) in [5.74, 6) is 0. The predicted octanol–water partition coefficient (Wildman–Crippen LogP) is 2.71. The molecule has 2 heterocycles. The molecule has 1 fully saturated rings. The van der Waals surface area contributed by atoms with Gasteiger partial charge in [0.2, 0.25) is 0 Å². The minimum Gasteiger partial charge on any atom is -0.373 e. The lowest BCUT2D eigenvalue weighted by atomic mass is 9.86. The van der Waals surface area contributed by atoms with Crippen LogP contribution in [0.15, 0.2) is 16.8 Å². The molecule has 0 radical (unpaired) electrons. The van der Waals surface area contributed by atoms with Crippen LogP contribution in [0.4, 0.5) is 0 Å². The maximum Gasteiger partial charge on any atom is 0.0846 e. The van der Waals surface area contributed by atoms with E-state index in [1.165, 1.54) is 18.4 Å². The van der Waals surface area contributed by atoms with Crippen LogP contribution in [0.3, 0.4) is 0 Å². The quantitative estimate of drug-likeness (QED) is 0.816. The molecule has 0 spiro atoms. The first-order valence-corrected chi connectivity index (χ1v) is 6.08. The van der Waals surface area contributed by atoms with Crippen molar-refractivity contribution >= 4 is 11.3 Å². The topological polar surface area (TPSA) is 35.2 Å². The summed E-state index contributed by atoms with van der Waals surface area (Å²) in [5, 5.41) is 4.19. The van der Waals surface area contributed by atoms with E-state index in [9.17, 15) is 0 Å². The number of thiophene rings is 1. The molecular formula is C11H17NOS. The zero-order chi connectivity index (χ0) is 10.0. The SMILES string of the molecule is CC1(C(N)c2ccsc2)CCCCO1. The van der Waals surface area contributed by atoms with Gasteiger partial charge in [0.05, 0.1) is 11.6 Å². The molecule has 1 aliphatic heterocycles. The summed E-state index contributed by atoms with van der Waals surface area (Å²) in [4.78, 5) is 0. The van der Waals surface area contributed by atoms with Gasteiger partial charge in [-0.25, -0.2) is 0 Å². The Morgan fingerprint density at radius 1 is 1.57 bits per heavy atom. The average molecular weight is 211 g/mol. The highest BCUT2D eigenvalue weighted by Crippen LogP contribution is 2.35. The lowest BCUT2D eigenvalue weighted by Gasteiger charge is -2.38. The first kappa shape index (κ1) is 10.1. The standard InChI is InChI=1S/C11H17NOS/c1-11(5-2-3-6-13-11)10(12)9-4-7-14-8-9/h4,7-8,10H,2-3,5-6,12H2,1H3. The summed E-state index contributed by atoms with van der Waals surface area (Å²) in [6, 6.07) is 2.12. The van der Waals surface area contributed by atoms with Crippen LogP contribution in [0.1, 0.15) is 37.8 Å². The molecule has 1 aliphatic rings. The monoisotopic (exact) mass is 211 g/mol. The number of hydrogen-bond donors (Lipinski definition) is 1. The predicted molar refractivity (Wildman–Crippen MR) is 59.5 cm³/mol. The van der Waals surface area contributed by atoms with E-state index in [0.717, 1.165) is 13.0 Å². The van der Waals surface area contributed by atoms with E-state index in [1.807, 2.05) is 0 Å². The third-order valence-corrected chi connectivity index (χ3v) is 3.76. The van der Waals surface area contributed by atoms with Crippen LogP contribution in [0.5, 0.6) is 0 Å². The Hall–Kier alpha value is -0.380. The number of rotatable bonds is 2. The van der Waals surface area contributed by atoms with Crippen molar-refractivity contribution in [3.05, 3.63) is 22.4 Å². The number of nitrogens with two attached hydrogens (primary N) is 1. The molecule has 2 N–H and O–H groups in total. The molecule has 2 atom stereocenters. The zero-order valence-electron chi connectivity index (χ0n) is 8.53. The Balaban J connectivity index is 2.13. The van der Waals surface area contributed by atoms with Crippen LogP contribution in [0.2, 0.25) is 0 Å². The summed E-state index contributed by atoms with van der Waals surface area (Å²) >= 11 is 1.70. The molecule has 3 heteroatoms. The van der Waals surface area contributed by atoms with E-state index in [0.29, 0.717) is 0 Å². The van der Waals surface area contributed by atoms with Gasteiger partial charge in [-0.3, -0.25) is 0 Å². The molecule has 1 saturated heterocycles. The normalized spacial score (nSPS) is 30.1. The molecule has 2 unspecified atom stereocenters. The molecule has 14 heavy (non-hydrogen) atoms. The summed E-state index contributed by atoms with van der Waals surface area (Å²) in [6.07, 6.45) is 3.48. The fourth-order valence-corrected chi connectivity index (χ4v) is 2.70. The van der Waals surface area contributed by atoms with Crippen molar-refractivity contribution in [3.8, 4) is 0 Å². The summed E-state index contributed by atoms with van der Waals surface area (Å²) in [5.41, 5.74) is 7.28. The summed E-state index contributed by atoms with van der Waals surface area (Å²) in [7, 11) is 0. The zero-order valence-corrected chi connectivity index (χ0v) is 9.35. The molecule has 0 bridgehead atoms. The van der Waals surface area contributed by atoms with Gasteiger partial charge in [-0.2, -0.15) is 11.3 Å². The van der Waals surface area contributed by atoms with Crippen molar-refractivity contribution in [1.29, 1.82) is 0 Å². The van der Waals surface area contributed by atoms with Crippen LogP contribution < -0.4 is 5.73 Å². The number of ether oxygens (including phenoxy) is 1. The highest BCUT2D eigenvalue weighted by atomic mass is 32.1. The Morgan fingerprint density at radius 3 is 3.00 bits per heavy atom. The van der Waals surface area contributed by atoms with Crippen LogP contribution >= 0.6 is 11.3 Å². The van der Waals surface area contributed by atoms with E-state index < -0.39 is 0 Å². The molecule has 1 aromatic heterocycles. The fourth-order valence-electron chi connectivity index (χ4n) is 2.01. The van der Waals surface area contributed by atoms with Gasteiger partial charge in [0, 0.05) is 6.61 Å². The minimum atomic E-state index is -0.153. The van der Waals surface area contributed by atoms with Crippen molar-refractivity contribution in [2.24, 2.45) is 5.73 Å². The molecule has 2 rings (SSSR count). The number of hydrogen-bond acceptors (Lipinski definition) is 3. The molecule has 1 aromatic rings. The lowest BCUT2D eigenvalue weighted by Crippen LogP contribution is -2.43. The Morgan fingerprint density at radius 2 is 2.43 bits per heavy atom. The van der Waals surface area contributed by atoms with Gasteiger partial charge in [-0.05, 0) is 48.6 Å². The Labute approximate surface area is 89.1 Å². The fraction of sp³-hybridized carbons (Fsp3) is 0.636. The van der Waals surface area contributed by atoms with Crippen LogP contribution in [0.25, 0.3) is 0 Å². The highest BCUT2D eigenvalue weighted by Gasteiger charge is 2.35. The summed E-state index contributed by atoms with van der Waals surface area (Å²) < 4.78 is 5.83. The van der Waals surface area contributed by atoms with E-state index >= 15 is 0 Å². The van der Waals surface area contributed by atoms with E-state index in [4.69, 9.17) is 10.5 Å². The van der Waals surface area contributed by atoms with Crippen molar-refractivity contribution in [3.63, 3.8) is 0 Å². The van der Waals surface area contributed by atoms with Gasteiger partial charge in [0.15, 0.2) is 0 Å². The first-order chi connectivity index (χ1) is 6.72. The molecule has 2 nitrogen and oxygen atoms in total. The average Bonchev–Trinajstić information content (AvgIpc) is 2.70. The molecule has 0 amide bonds. The molecular weight excluding hydrogens is 194 g/mol. The molecule has 78 valence electrons. The molecule has 0 saturated carbocycles. The van der Waals surface area contributed by atoms with Crippen molar-refractivity contribution in [1.82, 2.24) is 0 Å². The van der Waals surface area contributed by atoms with E-state index in [-0.39, 0.29) is 11.6 Å². The second kappa shape index (κ2) is 4.01. The Kier molecular flexibility index (Phi) is 2.91. The summed E-state index contributed by atoms with van der Waals surface area (Å²) in [6.45, 7) is 2.99. The minimum absolute atomic E-state index is 0.0223. The molecule has 0 aliphatic carbocycles. The van der Waals surface area contributed by atoms with E-state index in [1.54, 1.807) is 11.3 Å². The van der Waals surface area contributed by atoms with Gasteiger partial charge in [0.1, 0.15) is 0 Å². The molecule has 0 aromatic carbocycles. The van der Waals surface area contributed by atoms with Gasteiger partial charge in [0.25, 0.3) is 0 Å². The van der Waals surface area contributed by atoms with Crippen molar-refractivity contribution < 1.29 is 4.74 Å².